The first kappa shape index (κ1) is 11.2. The summed E-state index contributed by atoms with van der Waals surface area (Å²) in [4.78, 5) is 36.3. The van der Waals surface area contributed by atoms with Crippen LogP contribution in [0.5, 0.6) is 0 Å². The molecule has 1 N–H and O–H groups in total. The van der Waals surface area contributed by atoms with Gasteiger partial charge in [0.1, 0.15) is 5.56 Å². The Morgan fingerprint density at radius 2 is 2.13 bits per heavy atom. The lowest BCUT2D eigenvalue weighted by molar-refractivity contribution is 0.0522. The maximum atomic E-state index is 11.6. The molecule has 0 aliphatic carbocycles. The van der Waals surface area contributed by atoms with Gasteiger partial charge in [-0.05, 0) is 13.8 Å². The molecule has 6 nitrogen and oxygen atoms in total. The Bertz CT molecular complexity index is 472. The van der Waals surface area contributed by atoms with Crippen molar-refractivity contribution in [1.82, 2.24) is 9.55 Å². The van der Waals surface area contributed by atoms with Crippen molar-refractivity contribution in [2.75, 3.05) is 6.61 Å². The molecule has 0 aliphatic rings. The predicted molar refractivity (Wildman–Crippen MR) is 53.0 cm³/mol. The van der Waals surface area contributed by atoms with E-state index in [1.165, 1.54) is 0 Å². The second kappa shape index (κ2) is 4.59. The first-order valence-electron chi connectivity index (χ1n) is 4.61. The zero-order valence-electron chi connectivity index (χ0n) is 8.57. The number of rotatable bonds is 3. The summed E-state index contributed by atoms with van der Waals surface area (Å²) in [6, 6.07) is 0. The van der Waals surface area contributed by atoms with Gasteiger partial charge in [0.05, 0.1) is 6.61 Å². The second-order valence-corrected chi connectivity index (χ2v) is 2.78. The minimum absolute atomic E-state index is 0.154. The molecule has 0 aliphatic heterocycles. The monoisotopic (exact) mass is 212 g/mol. The Balaban J connectivity index is 3.28. The van der Waals surface area contributed by atoms with Crippen molar-refractivity contribution in [2.24, 2.45) is 0 Å². The summed E-state index contributed by atoms with van der Waals surface area (Å²) in [5.41, 5.74) is -1.31. The SMILES string of the molecule is CCOC(=O)c1c[nH]c(=O)n(CC)c1=O. The summed E-state index contributed by atoms with van der Waals surface area (Å²) in [5, 5.41) is 0. The van der Waals surface area contributed by atoms with Gasteiger partial charge >= 0.3 is 11.7 Å². The fourth-order valence-electron chi connectivity index (χ4n) is 1.15. The minimum Gasteiger partial charge on any atom is -0.462 e. The van der Waals surface area contributed by atoms with Gasteiger partial charge in [0.2, 0.25) is 0 Å². The molecule has 0 bridgehead atoms. The highest BCUT2D eigenvalue weighted by molar-refractivity contribution is 5.88. The van der Waals surface area contributed by atoms with Crippen LogP contribution < -0.4 is 11.2 Å². The maximum absolute atomic E-state index is 11.6. The van der Waals surface area contributed by atoms with Crippen LogP contribution in [0, 0.1) is 0 Å². The van der Waals surface area contributed by atoms with Crippen molar-refractivity contribution in [1.29, 1.82) is 0 Å². The number of hydrogen-bond acceptors (Lipinski definition) is 4. The zero-order valence-corrected chi connectivity index (χ0v) is 8.57. The molecule has 0 spiro atoms. The molecule has 0 unspecified atom stereocenters. The number of H-pyrrole nitrogens is 1. The molecule has 0 amide bonds. The van der Waals surface area contributed by atoms with Crippen LogP contribution in [-0.2, 0) is 11.3 Å². The van der Waals surface area contributed by atoms with E-state index in [4.69, 9.17) is 0 Å². The van der Waals surface area contributed by atoms with Gasteiger partial charge in [-0.1, -0.05) is 0 Å². The van der Waals surface area contributed by atoms with Crippen molar-refractivity contribution in [3.05, 3.63) is 32.6 Å². The summed E-state index contributed by atoms with van der Waals surface area (Å²) in [5.74, 6) is -0.721. The molecule has 1 rings (SSSR count). The molecule has 0 aromatic carbocycles. The quantitative estimate of drug-likeness (QED) is 0.699. The molecule has 6 heteroatoms. The summed E-state index contributed by atoms with van der Waals surface area (Å²) < 4.78 is 5.61. The molecule has 82 valence electrons. The highest BCUT2D eigenvalue weighted by Gasteiger charge is 2.14. The van der Waals surface area contributed by atoms with Crippen LogP contribution in [0.15, 0.2) is 15.8 Å². The molecule has 0 fully saturated rings. The van der Waals surface area contributed by atoms with Gasteiger partial charge in [-0.2, -0.15) is 0 Å². The van der Waals surface area contributed by atoms with Gasteiger partial charge in [-0.25, -0.2) is 9.59 Å². The maximum Gasteiger partial charge on any atom is 0.345 e. The van der Waals surface area contributed by atoms with Crippen LogP contribution in [0.2, 0.25) is 0 Å². The molecule has 0 atom stereocenters. The largest absolute Gasteiger partial charge is 0.462 e. The molecular formula is C9H12N2O4. The fraction of sp³-hybridized carbons (Fsp3) is 0.444. The van der Waals surface area contributed by atoms with Crippen LogP contribution in [0.1, 0.15) is 24.2 Å². The topological polar surface area (TPSA) is 81.2 Å². The Labute approximate surface area is 85.5 Å². The van der Waals surface area contributed by atoms with Crippen molar-refractivity contribution < 1.29 is 9.53 Å². The van der Waals surface area contributed by atoms with Gasteiger partial charge in [-0.15, -0.1) is 0 Å². The summed E-state index contributed by atoms with van der Waals surface area (Å²) in [6.07, 6.45) is 1.08. The van der Waals surface area contributed by atoms with Crippen molar-refractivity contribution in [3.63, 3.8) is 0 Å². The Hall–Kier alpha value is -1.85. The third kappa shape index (κ3) is 2.15. The molecule has 1 aromatic rings. The Morgan fingerprint density at radius 1 is 1.47 bits per heavy atom. The number of ether oxygens (including phenoxy) is 1. The fourth-order valence-corrected chi connectivity index (χ4v) is 1.15. The standard InChI is InChI=1S/C9H12N2O4/c1-3-11-7(12)6(5-10-9(11)14)8(13)15-4-2/h5H,3-4H2,1-2H3,(H,10,14). The van der Waals surface area contributed by atoms with Gasteiger partial charge in [0, 0.05) is 12.7 Å². The lowest BCUT2D eigenvalue weighted by Crippen LogP contribution is -2.37. The van der Waals surface area contributed by atoms with Crippen LogP contribution in [0.4, 0.5) is 0 Å². The van der Waals surface area contributed by atoms with Gasteiger partial charge in [0.25, 0.3) is 5.56 Å². The molecule has 0 radical (unpaired) electrons. The lowest BCUT2D eigenvalue weighted by Gasteiger charge is -2.03. The van der Waals surface area contributed by atoms with E-state index in [2.05, 4.69) is 9.72 Å². The van der Waals surface area contributed by atoms with E-state index in [9.17, 15) is 14.4 Å². The van der Waals surface area contributed by atoms with E-state index in [1.807, 2.05) is 0 Å². The smallest absolute Gasteiger partial charge is 0.345 e. The van der Waals surface area contributed by atoms with E-state index in [0.717, 1.165) is 10.8 Å². The summed E-state index contributed by atoms with van der Waals surface area (Å²) >= 11 is 0. The Morgan fingerprint density at radius 3 is 2.67 bits per heavy atom. The number of aromatic amines is 1. The average molecular weight is 212 g/mol. The Kier molecular flexibility index (Phi) is 3.43. The average Bonchev–Trinajstić information content (AvgIpc) is 2.18. The minimum atomic E-state index is -0.721. The molecule has 1 heterocycles. The normalized spacial score (nSPS) is 10.0. The number of esters is 1. The highest BCUT2D eigenvalue weighted by atomic mass is 16.5. The first-order valence-corrected chi connectivity index (χ1v) is 4.61. The molecular weight excluding hydrogens is 200 g/mol. The van der Waals surface area contributed by atoms with E-state index in [0.29, 0.717) is 0 Å². The van der Waals surface area contributed by atoms with E-state index >= 15 is 0 Å². The third-order valence-electron chi connectivity index (χ3n) is 1.87. The van der Waals surface area contributed by atoms with E-state index in [1.54, 1.807) is 13.8 Å². The number of carbonyl (C=O) groups is 1. The van der Waals surface area contributed by atoms with Gasteiger partial charge in [-0.3, -0.25) is 9.36 Å². The number of carbonyl (C=O) groups excluding carboxylic acids is 1. The van der Waals surface area contributed by atoms with E-state index in [-0.39, 0.29) is 18.7 Å². The molecule has 0 saturated carbocycles. The highest BCUT2D eigenvalue weighted by Crippen LogP contribution is 1.91. The molecule has 0 saturated heterocycles. The second-order valence-electron chi connectivity index (χ2n) is 2.78. The summed E-state index contributed by atoms with van der Waals surface area (Å²) in [7, 11) is 0. The lowest BCUT2D eigenvalue weighted by atomic mass is 10.3. The first-order chi connectivity index (χ1) is 7.11. The number of nitrogens with one attached hydrogen (secondary N) is 1. The van der Waals surface area contributed by atoms with Crippen LogP contribution in [-0.4, -0.2) is 22.1 Å². The number of hydrogen-bond donors (Lipinski definition) is 1. The van der Waals surface area contributed by atoms with Crippen molar-refractivity contribution >= 4 is 5.97 Å². The van der Waals surface area contributed by atoms with Gasteiger partial charge in [0.15, 0.2) is 0 Å². The van der Waals surface area contributed by atoms with Crippen molar-refractivity contribution in [2.45, 2.75) is 20.4 Å². The van der Waals surface area contributed by atoms with Crippen LogP contribution in [0.3, 0.4) is 0 Å². The van der Waals surface area contributed by atoms with Gasteiger partial charge < -0.3 is 9.72 Å². The van der Waals surface area contributed by atoms with Crippen molar-refractivity contribution in [3.8, 4) is 0 Å². The molecule has 1 aromatic heterocycles. The van der Waals surface area contributed by atoms with Crippen LogP contribution in [0.25, 0.3) is 0 Å². The van der Waals surface area contributed by atoms with Crippen LogP contribution >= 0.6 is 0 Å². The predicted octanol–water partition coefficient (Wildman–Crippen LogP) is -0.267. The zero-order chi connectivity index (χ0) is 11.4. The number of aromatic nitrogens is 2. The van der Waals surface area contributed by atoms with E-state index < -0.39 is 17.2 Å². The number of nitrogens with zero attached hydrogens (tertiary/aromatic N) is 1. The molecule has 15 heavy (non-hydrogen) atoms. The summed E-state index contributed by atoms with van der Waals surface area (Å²) in [6.45, 7) is 3.68. The third-order valence-corrected chi connectivity index (χ3v) is 1.87.